The molecule has 1 aromatic carbocycles. The van der Waals surface area contributed by atoms with Crippen molar-refractivity contribution < 1.29 is 14.6 Å². The van der Waals surface area contributed by atoms with Gasteiger partial charge in [-0.05, 0) is 42.3 Å². The summed E-state index contributed by atoms with van der Waals surface area (Å²) in [6.45, 7) is 4.20. The van der Waals surface area contributed by atoms with Crippen LogP contribution in [0.2, 0.25) is 5.02 Å². The summed E-state index contributed by atoms with van der Waals surface area (Å²) in [5.74, 6) is 0.382. The maximum atomic E-state index is 12.8. The monoisotopic (exact) mass is 420 g/mol. The van der Waals surface area contributed by atoms with Gasteiger partial charge in [0.05, 0.1) is 19.3 Å². The van der Waals surface area contributed by atoms with Crippen LogP contribution in [0.3, 0.4) is 0 Å². The molecule has 4 rings (SSSR count). The normalized spacial score (nSPS) is 23.7. The highest BCUT2D eigenvalue weighted by molar-refractivity contribution is 6.30. The number of nitrogens with zero attached hydrogens (tertiary/aromatic N) is 6. The lowest BCUT2D eigenvalue weighted by Gasteiger charge is -2.36. The Morgan fingerprint density at radius 1 is 1.14 bits per heavy atom. The SMILES string of the molecule is O=C(Cn1nnc(-c2ccc(Cl)cc2)n1)N1CC[C@H](O)[C@@H](N2CCOCC2)CC1. The van der Waals surface area contributed by atoms with Gasteiger partial charge in [-0.2, -0.15) is 4.80 Å². The first-order valence-electron chi connectivity index (χ1n) is 9.91. The lowest BCUT2D eigenvalue weighted by atomic mass is 10.0. The van der Waals surface area contributed by atoms with Crippen LogP contribution >= 0.6 is 11.6 Å². The van der Waals surface area contributed by atoms with Gasteiger partial charge >= 0.3 is 0 Å². The molecule has 29 heavy (non-hydrogen) atoms. The second-order valence-electron chi connectivity index (χ2n) is 7.39. The van der Waals surface area contributed by atoms with Crippen LogP contribution < -0.4 is 0 Å². The fourth-order valence-corrected chi connectivity index (χ4v) is 4.03. The molecule has 2 fully saturated rings. The summed E-state index contributed by atoms with van der Waals surface area (Å²) in [7, 11) is 0. The Balaban J connectivity index is 1.35. The van der Waals surface area contributed by atoms with Crippen LogP contribution in [0.25, 0.3) is 11.4 Å². The summed E-state index contributed by atoms with van der Waals surface area (Å²) in [6.07, 6.45) is 0.870. The fraction of sp³-hybridized carbons (Fsp3) is 0.579. The summed E-state index contributed by atoms with van der Waals surface area (Å²) in [5, 5.41) is 23.5. The number of hydrogen-bond acceptors (Lipinski definition) is 7. The molecule has 1 N–H and O–H groups in total. The third kappa shape index (κ3) is 4.92. The van der Waals surface area contributed by atoms with E-state index in [4.69, 9.17) is 16.3 Å². The molecule has 1 amide bonds. The highest BCUT2D eigenvalue weighted by atomic mass is 35.5. The fourth-order valence-electron chi connectivity index (χ4n) is 3.90. The van der Waals surface area contributed by atoms with Crippen molar-refractivity contribution in [3.8, 4) is 11.4 Å². The average molecular weight is 421 g/mol. The largest absolute Gasteiger partial charge is 0.391 e. The number of morpholine rings is 1. The number of carbonyl (C=O) groups is 1. The van der Waals surface area contributed by atoms with Gasteiger partial charge in [0.15, 0.2) is 0 Å². The Kier molecular flexibility index (Phi) is 6.39. The molecule has 0 unspecified atom stereocenters. The predicted molar refractivity (Wildman–Crippen MR) is 106 cm³/mol. The summed E-state index contributed by atoms with van der Waals surface area (Å²) in [5.41, 5.74) is 0.791. The first kappa shape index (κ1) is 20.2. The first-order chi connectivity index (χ1) is 14.1. The Labute approximate surface area is 174 Å². The van der Waals surface area contributed by atoms with Gasteiger partial charge in [0.1, 0.15) is 6.54 Å². The lowest BCUT2D eigenvalue weighted by molar-refractivity contribution is -0.132. The molecule has 2 saturated heterocycles. The van der Waals surface area contributed by atoms with E-state index in [2.05, 4.69) is 20.3 Å². The third-order valence-electron chi connectivity index (χ3n) is 5.53. The van der Waals surface area contributed by atoms with Gasteiger partial charge in [-0.15, -0.1) is 10.2 Å². The number of tetrazole rings is 1. The van der Waals surface area contributed by atoms with Crippen molar-refractivity contribution in [1.29, 1.82) is 0 Å². The molecule has 0 spiro atoms. The number of hydrogen-bond donors (Lipinski definition) is 1. The van der Waals surface area contributed by atoms with Gasteiger partial charge < -0.3 is 14.7 Å². The summed E-state index contributed by atoms with van der Waals surface area (Å²) in [6, 6.07) is 7.21. The molecular weight excluding hydrogens is 396 g/mol. The van der Waals surface area contributed by atoms with E-state index in [1.165, 1.54) is 4.80 Å². The zero-order valence-electron chi connectivity index (χ0n) is 16.2. The van der Waals surface area contributed by atoms with Crippen LogP contribution in [0, 0.1) is 0 Å². The van der Waals surface area contributed by atoms with Gasteiger partial charge in [0, 0.05) is 42.8 Å². The molecule has 2 aliphatic rings. The van der Waals surface area contributed by atoms with Crippen molar-refractivity contribution in [3.63, 3.8) is 0 Å². The van der Waals surface area contributed by atoms with Crippen molar-refractivity contribution in [2.75, 3.05) is 39.4 Å². The minimum absolute atomic E-state index is 0.0267. The molecule has 0 bridgehead atoms. The Morgan fingerprint density at radius 3 is 2.62 bits per heavy atom. The molecule has 0 aliphatic carbocycles. The average Bonchev–Trinajstić information content (AvgIpc) is 3.10. The van der Waals surface area contributed by atoms with E-state index in [-0.39, 0.29) is 18.5 Å². The molecule has 2 aromatic rings. The highest BCUT2D eigenvalue weighted by Crippen LogP contribution is 2.20. The number of halogens is 1. The maximum absolute atomic E-state index is 12.8. The Hall–Kier alpha value is -2.07. The third-order valence-corrected chi connectivity index (χ3v) is 5.79. The summed E-state index contributed by atoms with van der Waals surface area (Å²) < 4.78 is 5.41. The van der Waals surface area contributed by atoms with Crippen LogP contribution in [-0.2, 0) is 16.1 Å². The number of aliphatic hydroxyl groups is 1. The summed E-state index contributed by atoms with van der Waals surface area (Å²) >= 11 is 5.90. The minimum atomic E-state index is -0.438. The number of benzene rings is 1. The molecule has 10 heteroatoms. The molecule has 156 valence electrons. The number of carbonyl (C=O) groups excluding carboxylic acids is 1. The highest BCUT2D eigenvalue weighted by Gasteiger charge is 2.32. The quantitative estimate of drug-likeness (QED) is 0.776. The molecule has 3 heterocycles. The molecular formula is C19H25ClN6O3. The molecule has 0 radical (unpaired) electrons. The van der Waals surface area contributed by atoms with Gasteiger partial charge in [0.2, 0.25) is 11.7 Å². The van der Waals surface area contributed by atoms with E-state index in [1.807, 2.05) is 12.1 Å². The number of aromatic nitrogens is 4. The lowest BCUT2D eigenvalue weighted by Crippen LogP contribution is -2.49. The molecule has 0 saturated carbocycles. The predicted octanol–water partition coefficient (Wildman–Crippen LogP) is 0.678. The topological polar surface area (TPSA) is 96.6 Å². The molecule has 1 aromatic heterocycles. The van der Waals surface area contributed by atoms with Crippen LogP contribution in [-0.4, -0.2) is 92.6 Å². The number of likely N-dealkylation sites (tertiary alicyclic amines) is 1. The van der Waals surface area contributed by atoms with Crippen molar-refractivity contribution >= 4 is 17.5 Å². The van der Waals surface area contributed by atoms with E-state index >= 15 is 0 Å². The molecule has 2 atom stereocenters. The number of ether oxygens (including phenoxy) is 1. The second-order valence-corrected chi connectivity index (χ2v) is 7.83. The Bertz CT molecular complexity index is 824. The van der Waals surface area contributed by atoms with Gasteiger partial charge in [-0.25, -0.2) is 0 Å². The molecule has 9 nitrogen and oxygen atoms in total. The van der Waals surface area contributed by atoms with E-state index in [0.29, 0.717) is 43.6 Å². The van der Waals surface area contributed by atoms with Crippen LogP contribution in [0.5, 0.6) is 0 Å². The molecule has 2 aliphatic heterocycles. The van der Waals surface area contributed by atoms with Crippen molar-refractivity contribution in [2.45, 2.75) is 31.5 Å². The minimum Gasteiger partial charge on any atom is -0.391 e. The van der Waals surface area contributed by atoms with Gasteiger partial charge in [-0.3, -0.25) is 9.69 Å². The van der Waals surface area contributed by atoms with Crippen molar-refractivity contribution in [3.05, 3.63) is 29.3 Å². The smallest absolute Gasteiger partial charge is 0.246 e. The maximum Gasteiger partial charge on any atom is 0.246 e. The van der Waals surface area contributed by atoms with Crippen LogP contribution in [0.4, 0.5) is 0 Å². The van der Waals surface area contributed by atoms with E-state index < -0.39 is 6.10 Å². The Morgan fingerprint density at radius 2 is 1.86 bits per heavy atom. The second kappa shape index (κ2) is 9.17. The van der Waals surface area contributed by atoms with Gasteiger partial charge in [-0.1, -0.05) is 11.6 Å². The zero-order valence-corrected chi connectivity index (χ0v) is 16.9. The number of amides is 1. The zero-order chi connectivity index (χ0) is 20.2. The van der Waals surface area contributed by atoms with E-state index in [1.54, 1.807) is 17.0 Å². The van der Waals surface area contributed by atoms with Crippen LogP contribution in [0.15, 0.2) is 24.3 Å². The van der Waals surface area contributed by atoms with Crippen molar-refractivity contribution in [1.82, 2.24) is 30.0 Å². The number of aliphatic hydroxyl groups excluding tert-OH is 1. The van der Waals surface area contributed by atoms with E-state index in [9.17, 15) is 9.90 Å². The van der Waals surface area contributed by atoms with Gasteiger partial charge in [0.25, 0.3) is 0 Å². The van der Waals surface area contributed by atoms with E-state index in [0.717, 1.165) is 25.1 Å². The van der Waals surface area contributed by atoms with Crippen molar-refractivity contribution in [2.24, 2.45) is 0 Å². The summed E-state index contributed by atoms with van der Waals surface area (Å²) in [4.78, 5) is 18.1. The number of rotatable bonds is 4. The standard InChI is InChI=1S/C19H25ClN6O3/c20-15-3-1-14(2-4-15)19-21-23-26(22-19)13-18(28)25-7-5-16(17(27)6-8-25)24-9-11-29-12-10-24/h1-4,16-17,27H,5-13H2/t16-,17-/m0/s1. The van der Waals surface area contributed by atoms with Crippen LogP contribution in [0.1, 0.15) is 12.8 Å². The first-order valence-corrected chi connectivity index (χ1v) is 10.3.